The molecule has 1 rings (SSSR count). The van der Waals surface area contributed by atoms with Crippen LogP contribution in [-0.2, 0) is 6.54 Å². The van der Waals surface area contributed by atoms with Crippen LogP contribution < -0.4 is 5.32 Å². The molecule has 0 spiro atoms. The molecule has 1 aromatic heterocycles. The predicted octanol–water partition coefficient (Wildman–Crippen LogP) is 2.12. The molecule has 0 saturated carbocycles. The third-order valence-electron chi connectivity index (χ3n) is 2.60. The Morgan fingerprint density at radius 3 is 2.72 bits per heavy atom. The van der Waals surface area contributed by atoms with Gasteiger partial charge in [-0.25, -0.2) is 4.79 Å². The number of carboxylic acids is 1. The van der Waals surface area contributed by atoms with Crippen molar-refractivity contribution >= 4 is 17.3 Å². The Labute approximate surface area is 113 Å². The van der Waals surface area contributed by atoms with Crippen molar-refractivity contribution < 1.29 is 9.90 Å². The maximum Gasteiger partial charge on any atom is 0.346 e. The SMILES string of the molecule is CN(C)CC(C)(C)CNCc1ccsc1C(=O)O. The van der Waals surface area contributed by atoms with Crippen molar-refractivity contribution in [2.45, 2.75) is 20.4 Å². The second-order valence-electron chi connectivity index (χ2n) is 5.59. The van der Waals surface area contributed by atoms with Gasteiger partial charge in [0, 0.05) is 19.6 Å². The van der Waals surface area contributed by atoms with Gasteiger partial charge in [0.1, 0.15) is 4.88 Å². The molecule has 0 aromatic carbocycles. The zero-order valence-electron chi connectivity index (χ0n) is 11.5. The number of aromatic carboxylic acids is 1. The molecule has 0 bridgehead atoms. The molecular weight excluding hydrogens is 248 g/mol. The highest BCUT2D eigenvalue weighted by Crippen LogP contribution is 2.18. The van der Waals surface area contributed by atoms with Crippen LogP contribution in [0.25, 0.3) is 0 Å². The van der Waals surface area contributed by atoms with Gasteiger partial charge in [-0.3, -0.25) is 0 Å². The average molecular weight is 270 g/mol. The lowest BCUT2D eigenvalue weighted by Gasteiger charge is -2.28. The van der Waals surface area contributed by atoms with Gasteiger partial charge in [-0.15, -0.1) is 11.3 Å². The normalized spacial score (nSPS) is 12.1. The van der Waals surface area contributed by atoms with Crippen molar-refractivity contribution in [1.82, 2.24) is 10.2 Å². The van der Waals surface area contributed by atoms with E-state index in [0.29, 0.717) is 11.4 Å². The molecule has 0 aliphatic carbocycles. The van der Waals surface area contributed by atoms with Crippen molar-refractivity contribution in [1.29, 1.82) is 0 Å². The Hall–Kier alpha value is -0.910. The van der Waals surface area contributed by atoms with Gasteiger partial charge in [0.05, 0.1) is 0 Å². The molecule has 0 fully saturated rings. The van der Waals surface area contributed by atoms with Crippen molar-refractivity contribution in [2.24, 2.45) is 5.41 Å². The highest BCUT2D eigenvalue weighted by atomic mass is 32.1. The molecule has 5 heteroatoms. The summed E-state index contributed by atoms with van der Waals surface area (Å²) in [5, 5.41) is 14.2. The van der Waals surface area contributed by atoms with E-state index in [-0.39, 0.29) is 5.41 Å². The Kier molecular flexibility index (Phi) is 5.31. The van der Waals surface area contributed by atoms with Gasteiger partial charge in [0.15, 0.2) is 0 Å². The maximum atomic E-state index is 11.0. The fraction of sp³-hybridized carbons (Fsp3) is 0.615. The molecular formula is C13H22N2O2S. The molecule has 0 aliphatic heterocycles. The monoisotopic (exact) mass is 270 g/mol. The third-order valence-corrected chi connectivity index (χ3v) is 3.55. The van der Waals surface area contributed by atoms with Crippen LogP contribution in [0.5, 0.6) is 0 Å². The molecule has 2 N–H and O–H groups in total. The summed E-state index contributed by atoms with van der Waals surface area (Å²) in [4.78, 5) is 13.6. The van der Waals surface area contributed by atoms with E-state index in [4.69, 9.17) is 5.11 Å². The number of carboxylic acid groups (broad SMARTS) is 1. The number of hydrogen-bond donors (Lipinski definition) is 2. The minimum absolute atomic E-state index is 0.170. The van der Waals surface area contributed by atoms with Gasteiger partial charge < -0.3 is 15.3 Å². The third kappa shape index (κ3) is 4.76. The number of nitrogens with zero attached hydrogens (tertiary/aromatic N) is 1. The first-order valence-corrected chi connectivity index (χ1v) is 6.85. The zero-order chi connectivity index (χ0) is 13.8. The van der Waals surface area contributed by atoms with Gasteiger partial charge in [-0.05, 0) is 36.5 Å². The Bertz CT molecular complexity index is 399. The molecule has 0 amide bonds. The predicted molar refractivity (Wildman–Crippen MR) is 75.3 cm³/mol. The highest BCUT2D eigenvalue weighted by molar-refractivity contribution is 7.12. The quantitative estimate of drug-likeness (QED) is 0.797. The molecule has 1 aromatic rings. The second kappa shape index (κ2) is 6.31. The van der Waals surface area contributed by atoms with Crippen LogP contribution in [0.2, 0.25) is 0 Å². The van der Waals surface area contributed by atoms with Crippen molar-refractivity contribution in [3.05, 3.63) is 21.9 Å². The number of thiophene rings is 1. The number of rotatable bonds is 7. The van der Waals surface area contributed by atoms with Crippen molar-refractivity contribution in [3.63, 3.8) is 0 Å². The van der Waals surface area contributed by atoms with E-state index in [9.17, 15) is 4.79 Å². The largest absolute Gasteiger partial charge is 0.477 e. The zero-order valence-corrected chi connectivity index (χ0v) is 12.3. The molecule has 102 valence electrons. The lowest BCUT2D eigenvalue weighted by molar-refractivity contribution is 0.0701. The summed E-state index contributed by atoms with van der Waals surface area (Å²) in [5.74, 6) is -0.839. The fourth-order valence-electron chi connectivity index (χ4n) is 2.11. The van der Waals surface area contributed by atoms with Crippen LogP contribution in [0, 0.1) is 5.41 Å². The van der Waals surface area contributed by atoms with Crippen LogP contribution in [-0.4, -0.2) is 43.2 Å². The van der Waals surface area contributed by atoms with Crippen LogP contribution in [0.1, 0.15) is 29.1 Å². The Morgan fingerprint density at radius 2 is 2.17 bits per heavy atom. The molecule has 0 aliphatic rings. The first kappa shape index (κ1) is 15.1. The Balaban J connectivity index is 2.46. The molecule has 1 heterocycles. The van der Waals surface area contributed by atoms with E-state index < -0.39 is 5.97 Å². The average Bonchev–Trinajstić information content (AvgIpc) is 2.63. The number of nitrogens with one attached hydrogen (secondary N) is 1. The van der Waals surface area contributed by atoms with E-state index in [2.05, 4.69) is 38.2 Å². The summed E-state index contributed by atoms with van der Waals surface area (Å²) in [6.45, 7) is 6.87. The van der Waals surface area contributed by atoms with Crippen molar-refractivity contribution in [3.8, 4) is 0 Å². The van der Waals surface area contributed by atoms with Crippen molar-refractivity contribution in [2.75, 3.05) is 27.2 Å². The molecule has 18 heavy (non-hydrogen) atoms. The van der Waals surface area contributed by atoms with Crippen LogP contribution in [0.3, 0.4) is 0 Å². The molecule has 0 atom stereocenters. The van der Waals surface area contributed by atoms with Gasteiger partial charge in [0.2, 0.25) is 0 Å². The number of carbonyl (C=O) groups is 1. The second-order valence-corrected chi connectivity index (χ2v) is 6.50. The minimum atomic E-state index is -0.839. The van der Waals surface area contributed by atoms with E-state index in [1.807, 2.05) is 11.4 Å². The molecule has 4 nitrogen and oxygen atoms in total. The van der Waals surface area contributed by atoms with E-state index in [1.54, 1.807) is 0 Å². The smallest absolute Gasteiger partial charge is 0.346 e. The summed E-state index contributed by atoms with van der Waals surface area (Å²) >= 11 is 1.28. The summed E-state index contributed by atoms with van der Waals surface area (Å²) in [5.41, 5.74) is 1.04. The van der Waals surface area contributed by atoms with E-state index in [1.165, 1.54) is 11.3 Å². The van der Waals surface area contributed by atoms with E-state index in [0.717, 1.165) is 18.7 Å². The maximum absolute atomic E-state index is 11.0. The first-order valence-electron chi connectivity index (χ1n) is 5.97. The topological polar surface area (TPSA) is 52.6 Å². The summed E-state index contributed by atoms with van der Waals surface area (Å²) in [6, 6.07) is 1.88. The first-order chi connectivity index (χ1) is 8.32. The summed E-state index contributed by atoms with van der Waals surface area (Å²) in [6.07, 6.45) is 0. The van der Waals surface area contributed by atoms with E-state index >= 15 is 0 Å². The van der Waals surface area contributed by atoms with Crippen LogP contribution >= 0.6 is 11.3 Å². The number of hydrogen-bond acceptors (Lipinski definition) is 4. The Morgan fingerprint density at radius 1 is 1.50 bits per heavy atom. The molecule has 0 radical (unpaired) electrons. The van der Waals surface area contributed by atoms with Crippen LogP contribution in [0.15, 0.2) is 11.4 Å². The molecule has 0 saturated heterocycles. The van der Waals surface area contributed by atoms with Crippen LogP contribution in [0.4, 0.5) is 0 Å². The lowest BCUT2D eigenvalue weighted by Crippen LogP contribution is -2.37. The highest BCUT2D eigenvalue weighted by Gasteiger charge is 2.19. The van der Waals surface area contributed by atoms with Gasteiger partial charge >= 0.3 is 5.97 Å². The van der Waals surface area contributed by atoms with Gasteiger partial charge in [0.25, 0.3) is 0 Å². The summed E-state index contributed by atoms with van der Waals surface area (Å²) in [7, 11) is 4.12. The standard InChI is InChI=1S/C13H22N2O2S/c1-13(2,9-15(3)4)8-14-7-10-5-6-18-11(10)12(16)17/h5-6,14H,7-9H2,1-4H3,(H,16,17). The minimum Gasteiger partial charge on any atom is -0.477 e. The van der Waals surface area contributed by atoms with Gasteiger partial charge in [-0.1, -0.05) is 13.8 Å². The van der Waals surface area contributed by atoms with Gasteiger partial charge in [-0.2, -0.15) is 0 Å². The fourth-order valence-corrected chi connectivity index (χ4v) is 2.87. The lowest BCUT2D eigenvalue weighted by atomic mass is 9.93. The molecule has 0 unspecified atom stereocenters. The summed E-state index contributed by atoms with van der Waals surface area (Å²) < 4.78 is 0.